The van der Waals surface area contributed by atoms with Crippen molar-refractivity contribution in [2.45, 2.75) is 26.3 Å². The van der Waals surface area contributed by atoms with Gasteiger partial charge < -0.3 is 10.1 Å². The molecule has 2 amide bonds. The molecule has 1 aliphatic heterocycles. The summed E-state index contributed by atoms with van der Waals surface area (Å²) in [5.41, 5.74) is 3.55. The summed E-state index contributed by atoms with van der Waals surface area (Å²) in [6, 6.07) is 12.5. The van der Waals surface area contributed by atoms with Crippen LogP contribution in [0.1, 0.15) is 17.5 Å². The van der Waals surface area contributed by atoms with Gasteiger partial charge in [-0.3, -0.25) is 9.59 Å². The van der Waals surface area contributed by atoms with Crippen LogP contribution in [-0.4, -0.2) is 25.0 Å². The molecule has 1 aliphatic rings. The molecule has 5 heteroatoms. The number of nitrogens with zero attached hydrogens (tertiary/aromatic N) is 1. The Bertz CT molecular complexity index is 781. The highest BCUT2D eigenvalue weighted by Gasteiger charge is 2.40. The van der Waals surface area contributed by atoms with Gasteiger partial charge in [-0.1, -0.05) is 18.2 Å². The van der Waals surface area contributed by atoms with Gasteiger partial charge in [0.2, 0.25) is 5.91 Å². The lowest BCUT2D eigenvalue weighted by molar-refractivity contribution is -0.121. The van der Waals surface area contributed by atoms with Crippen LogP contribution in [0, 0.1) is 13.8 Å². The summed E-state index contributed by atoms with van der Waals surface area (Å²) in [7, 11) is 1.52. The van der Waals surface area contributed by atoms with Crippen LogP contribution in [0.3, 0.4) is 0 Å². The van der Waals surface area contributed by atoms with E-state index >= 15 is 0 Å². The number of imide groups is 1. The Kier molecular flexibility index (Phi) is 4.25. The number of methoxy groups -OCH3 is 1. The van der Waals surface area contributed by atoms with Gasteiger partial charge in [-0.15, -0.1) is 0 Å². The third kappa shape index (κ3) is 2.97. The lowest BCUT2D eigenvalue weighted by Crippen LogP contribution is -2.35. The maximum atomic E-state index is 12.7. The Morgan fingerprint density at radius 3 is 2.42 bits per heavy atom. The van der Waals surface area contributed by atoms with Gasteiger partial charge in [-0.2, -0.15) is 0 Å². The first kappa shape index (κ1) is 16.1. The molecule has 0 spiro atoms. The number of hydrogen-bond donors (Lipinski definition) is 1. The maximum Gasteiger partial charge on any atom is 0.256 e. The van der Waals surface area contributed by atoms with Crippen molar-refractivity contribution in [2.75, 3.05) is 17.3 Å². The quantitative estimate of drug-likeness (QED) is 0.878. The smallest absolute Gasteiger partial charge is 0.256 e. The molecule has 2 aromatic rings. The monoisotopic (exact) mass is 324 g/mol. The number of carbonyl (C=O) groups is 2. The first-order valence-electron chi connectivity index (χ1n) is 7.84. The van der Waals surface area contributed by atoms with E-state index in [0.29, 0.717) is 11.4 Å². The Morgan fingerprint density at radius 1 is 1.08 bits per heavy atom. The fourth-order valence-corrected chi connectivity index (χ4v) is 3.07. The maximum absolute atomic E-state index is 12.7. The summed E-state index contributed by atoms with van der Waals surface area (Å²) in [6.45, 7) is 4.00. The predicted octanol–water partition coefficient (Wildman–Crippen LogP) is 3.06. The molecule has 124 valence electrons. The summed E-state index contributed by atoms with van der Waals surface area (Å²) in [4.78, 5) is 26.4. The minimum Gasteiger partial charge on any atom is -0.495 e. The van der Waals surface area contributed by atoms with Crippen LogP contribution < -0.4 is 15.0 Å². The predicted molar refractivity (Wildman–Crippen MR) is 93.4 cm³/mol. The standard InChI is InChI=1S/C19H20N2O3/c1-12-8-13(2)10-14(9-12)20-15-11-18(22)21(19(15)23)16-6-4-5-7-17(16)24-3/h4-10,15,20H,11H2,1-3H3/t15-/m0/s1. The summed E-state index contributed by atoms with van der Waals surface area (Å²) < 4.78 is 5.27. The number of hydrogen-bond acceptors (Lipinski definition) is 4. The SMILES string of the molecule is COc1ccccc1N1C(=O)C[C@H](Nc2cc(C)cc(C)c2)C1=O. The molecule has 0 bridgehead atoms. The average Bonchev–Trinajstić information content (AvgIpc) is 2.80. The van der Waals surface area contributed by atoms with Crippen molar-refractivity contribution in [3.05, 3.63) is 53.6 Å². The number of anilines is 2. The zero-order chi connectivity index (χ0) is 17.3. The Morgan fingerprint density at radius 2 is 1.75 bits per heavy atom. The molecule has 1 saturated heterocycles. The average molecular weight is 324 g/mol. The molecular weight excluding hydrogens is 304 g/mol. The van der Waals surface area contributed by atoms with E-state index in [9.17, 15) is 9.59 Å². The molecule has 1 heterocycles. The Balaban J connectivity index is 1.86. The largest absolute Gasteiger partial charge is 0.495 e. The number of benzene rings is 2. The van der Waals surface area contributed by atoms with Crippen LogP contribution in [0.5, 0.6) is 5.75 Å². The van der Waals surface area contributed by atoms with Crippen molar-refractivity contribution in [2.24, 2.45) is 0 Å². The van der Waals surface area contributed by atoms with E-state index in [0.717, 1.165) is 16.8 Å². The van der Waals surface area contributed by atoms with Crippen molar-refractivity contribution in [3.8, 4) is 5.75 Å². The van der Waals surface area contributed by atoms with Crippen LogP contribution in [0.25, 0.3) is 0 Å². The van der Waals surface area contributed by atoms with Gasteiger partial charge in [-0.25, -0.2) is 4.90 Å². The molecule has 24 heavy (non-hydrogen) atoms. The van der Waals surface area contributed by atoms with Crippen LogP contribution >= 0.6 is 0 Å². The van der Waals surface area contributed by atoms with E-state index in [4.69, 9.17) is 4.74 Å². The zero-order valence-corrected chi connectivity index (χ0v) is 14.0. The van der Waals surface area contributed by atoms with Gasteiger partial charge in [-0.05, 0) is 49.2 Å². The second-order valence-corrected chi connectivity index (χ2v) is 6.02. The van der Waals surface area contributed by atoms with Gasteiger partial charge in [0.15, 0.2) is 0 Å². The number of rotatable bonds is 4. The summed E-state index contributed by atoms with van der Waals surface area (Å²) in [6.07, 6.45) is 0.129. The minimum absolute atomic E-state index is 0.129. The normalized spacial score (nSPS) is 17.3. The van der Waals surface area contributed by atoms with Crippen LogP contribution in [-0.2, 0) is 9.59 Å². The highest BCUT2D eigenvalue weighted by atomic mass is 16.5. The number of para-hydroxylation sites is 2. The number of amides is 2. The molecule has 0 unspecified atom stereocenters. The second-order valence-electron chi connectivity index (χ2n) is 6.02. The van der Waals surface area contributed by atoms with Crippen molar-refractivity contribution in [1.29, 1.82) is 0 Å². The van der Waals surface area contributed by atoms with E-state index < -0.39 is 6.04 Å². The molecule has 0 aromatic heterocycles. The highest BCUT2D eigenvalue weighted by Crippen LogP contribution is 2.32. The highest BCUT2D eigenvalue weighted by molar-refractivity contribution is 6.23. The van der Waals surface area contributed by atoms with Crippen LogP contribution in [0.4, 0.5) is 11.4 Å². The van der Waals surface area contributed by atoms with Gasteiger partial charge in [0.05, 0.1) is 19.2 Å². The lowest BCUT2D eigenvalue weighted by atomic mass is 10.1. The molecule has 1 fully saturated rings. The third-order valence-corrected chi connectivity index (χ3v) is 4.04. The Labute approximate surface area is 141 Å². The van der Waals surface area contributed by atoms with Gasteiger partial charge in [0.1, 0.15) is 11.8 Å². The van der Waals surface area contributed by atoms with Crippen LogP contribution in [0.2, 0.25) is 0 Å². The van der Waals surface area contributed by atoms with Crippen LogP contribution in [0.15, 0.2) is 42.5 Å². The topological polar surface area (TPSA) is 58.6 Å². The van der Waals surface area contributed by atoms with Crippen molar-refractivity contribution < 1.29 is 14.3 Å². The molecule has 0 saturated carbocycles. The Hall–Kier alpha value is -2.82. The minimum atomic E-state index is -0.566. The fraction of sp³-hybridized carbons (Fsp3) is 0.263. The van der Waals surface area contributed by atoms with Gasteiger partial charge in [0.25, 0.3) is 5.91 Å². The first-order valence-corrected chi connectivity index (χ1v) is 7.84. The van der Waals surface area contributed by atoms with Gasteiger partial charge in [0, 0.05) is 5.69 Å². The second kappa shape index (κ2) is 6.35. The zero-order valence-electron chi connectivity index (χ0n) is 14.0. The third-order valence-electron chi connectivity index (χ3n) is 4.04. The summed E-state index contributed by atoms with van der Waals surface area (Å²) >= 11 is 0. The van der Waals surface area contributed by atoms with Crippen molar-refractivity contribution in [1.82, 2.24) is 0 Å². The molecule has 5 nitrogen and oxygen atoms in total. The van der Waals surface area contributed by atoms with Gasteiger partial charge >= 0.3 is 0 Å². The number of carbonyl (C=O) groups excluding carboxylic acids is 2. The van der Waals surface area contributed by atoms with Crippen molar-refractivity contribution >= 4 is 23.2 Å². The van der Waals surface area contributed by atoms with Crippen molar-refractivity contribution in [3.63, 3.8) is 0 Å². The molecule has 2 aromatic carbocycles. The number of aryl methyl sites for hydroxylation is 2. The van der Waals surface area contributed by atoms with E-state index in [1.54, 1.807) is 24.3 Å². The lowest BCUT2D eigenvalue weighted by Gasteiger charge is -2.18. The van der Waals surface area contributed by atoms with E-state index in [1.807, 2.05) is 26.0 Å². The molecule has 3 rings (SSSR count). The summed E-state index contributed by atoms with van der Waals surface area (Å²) in [5.74, 6) is 0.0151. The molecule has 0 aliphatic carbocycles. The fourth-order valence-electron chi connectivity index (χ4n) is 3.07. The van der Waals surface area contributed by atoms with E-state index in [1.165, 1.54) is 12.0 Å². The molecule has 1 atom stereocenters. The summed E-state index contributed by atoms with van der Waals surface area (Å²) in [5, 5.41) is 3.19. The molecular formula is C19H20N2O3. The molecule has 0 radical (unpaired) electrons. The number of ether oxygens (including phenoxy) is 1. The van der Waals surface area contributed by atoms with E-state index in [-0.39, 0.29) is 18.2 Å². The van der Waals surface area contributed by atoms with E-state index in [2.05, 4.69) is 11.4 Å². The first-order chi connectivity index (χ1) is 11.5. The number of nitrogens with one attached hydrogen (secondary N) is 1. The molecule has 1 N–H and O–H groups in total.